The predicted molar refractivity (Wildman–Crippen MR) is 139 cm³/mol. The summed E-state index contributed by atoms with van der Waals surface area (Å²) in [5, 5.41) is 3.20. The molecule has 1 heterocycles. The van der Waals surface area contributed by atoms with E-state index in [0.717, 1.165) is 16.8 Å². The summed E-state index contributed by atoms with van der Waals surface area (Å²) < 4.78 is 6.44. The highest BCUT2D eigenvalue weighted by molar-refractivity contribution is 5.98. The second kappa shape index (κ2) is 12.0. The van der Waals surface area contributed by atoms with Gasteiger partial charge >= 0.3 is 5.69 Å². The maximum atomic E-state index is 13.3. The molecule has 0 spiro atoms. The Balaban J connectivity index is 1.87. The number of carbonyl (C=O) groups excluding carboxylic acids is 1. The summed E-state index contributed by atoms with van der Waals surface area (Å²) in [5.74, 6) is -0.301. The van der Waals surface area contributed by atoms with Crippen LogP contribution in [0.4, 0.5) is 17.2 Å². The van der Waals surface area contributed by atoms with E-state index in [1.165, 1.54) is 16.6 Å². The van der Waals surface area contributed by atoms with Gasteiger partial charge in [0.15, 0.2) is 5.69 Å². The second-order valence-electron chi connectivity index (χ2n) is 8.71. The lowest BCUT2D eigenvalue weighted by Crippen LogP contribution is -2.44. The van der Waals surface area contributed by atoms with Crippen LogP contribution in [0.15, 0.2) is 64.2 Å². The maximum Gasteiger partial charge on any atom is 0.330 e. The van der Waals surface area contributed by atoms with Crippen LogP contribution in [0.3, 0.4) is 0 Å². The zero-order valence-electron chi connectivity index (χ0n) is 20.4. The zero-order valence-corrected chi connectivity index (χ0v) is 20.4. The lowest BCUT2D eigenvalue weighted by atomic mass is 10.0. The molecule has 9 nitrogen and oxygen atoms in total. The maximum absolute atomic E-state index is 13.3. The number of benzene rings is 2. The van der Waals surface area contributed by atoms with Crippen LogP contribution in [0.5, 0.6) is 0 Å². The van der Waals surface area contributed by atoms with Gasteiger partial charge in [0.25, 0.3) is 5.56 Å². The molecule has 0 unspecified atom stereocenters. The van der Waals surface area contributed by atoms with Crippen molar-refractivity contribution in [1.82, 2.24) is 9.55 Å². The molecule has 0 aliphatic heterocycles. The summed E-state index contributed by atoms with van der Waals surface area (Å²) in [4.78, 5) is 42.0. The van der Waals surface area contributed by atoms with Gasteiger partial charge in [-0.15, -0.1) is 0 Å². The van der Waals surface area contributed by atoms with Crippen LogP contribution < -0.4 is 27.2 Å². The van der Waals surface area contributed by atoms with E-state index in [1.54, 1.807) is 0 Å². The number of para-hydroxylation sites is 1. The number of nitrogens with two attached hydrogens (primary N) is 1. The summed E-state index contributed by atoms with van der Waals surface area (Å²) in [5.41, 5.74) is 7.91. The van der Waals surface area contributed by atoms with Gasteiger partial charge in [0.2, 0.25) is 5.91 Å². The monoisotopic (exact) mass is 479 g/mol. The molecule has 0 bridgehead atoms. The van der Waals surface area contributed by atoms with Crippen molar-refractivity contribution >= 4 is 23.1 Å². The van der Waals surface area contributed by atoms with Gasteiger partial charge in [-0.1, -0.05) is 62.4 Å². The molecule has 0 saturated carbocycles. The number of anilines is 3. The largest absolute Gasteiger partial charge is 0.383 e. The Morgan fingerprint density at radius 2 is 1.80 bits per heavy atom. The molecule has 0 atom stereocenters. The Morgan fingerprint density at radius 3 is 2.49 bits per heavy atom. The first kappa shape index (κ1) is 25.8. The van der Waals surface area contributed by atoms with Gasteiger partial charge in [0.1, 0.15) is 5.82 Å². The Kier molecular flexibility index (Phi) is 8.86. The van der Waals surface area contributed by atoms with Crippen molar-refractivity contribution in [2.45, 2.75) is 26.8 Å². The molecule has 186 valence electrons. The molecule has 35 heavy (non-hydrogen) atoms. The first-order valence-electron chi connectivity index (χ1n) is 11.6. The minimum Gasteiger partial charge on any atom is -0.383 e. The molecule has 3 aromatic rings. The normalized spacial score (nSPS) is 11.0. The number of amides is 1. The number of hydrogen-bond donors (Lipinski definition) is 3. The summed E-state index contributed by atoms with van der Waals surface area (Å²) in [7, 11) is 1.51. The SMILES string of the molecule is COCCN(C(=O)CNc1ccccc1Cc1ccccc1)c1c(N)n(CC(C)C)c(=O)[nH]c1=O. The van der Waals surface area contributed by atoms with Crippen molar-refractivity contribution in [3.05, 3.63) is 86.6 Å². The smallest absolute Gasteiger partial charge is 0.330 e. The van der Waals surface area contributed by atoms with Crippen molar-refractivity contribution in [2.75, 3.05) is 42.8 Å². The van der Waals surface area contributed by atoms with Crippen LogP contribution in [-0.4, -0.2) is 42.3 Å². The number of aromatic nitrogens is 2. The number of H-pyrrole nitrogens is 1. The van der Waals surface area contributed by atoms with E-state index in [1.807, 2.05) is 56.3 Å². The summed E-state index contributed by atoms with van der Waals surface area (Å²) in [6, 6.07) is 17.8. The fraction of sp³-hybridized carbons (Fsp3) is 0.346. The Hall–Kier alpha value is -3.85. The fourth-order valence-corrected chi connectivity index (χ4v) is 3.86. The van der Waals surface area contributed by atoms with E-state index in [4.69, 9.17) is 10.5 Å². The molecule has 0 fully saturated rings. The molecule has 9 heteroatoms. The number of methoxy groups -OCH3 is 1. The van der Waals surface area contributed by atoms with Crippen molar-refractivity contribution in [3.63, 3.8) is 0 Å². The average Bonchev–Trinajstić information content (AvgIpc) is 2.83. The molecule has 1 aromatic heterocycles. The molecule has 0 radical (unpaired) electrons. The van der Waals surface area contributed by atoms with Gasteiger partial charge in [-0.25, -0.2) is 4.79 Å². The predicted octanol–water partition coefficient (Wildman–Crippen LogP) is 2.46. The van der Waals surface area contributed by atoms with Gasteiger partial charge in [0, 0.05) is 25.9 Å². The number of nitrogen functional groups attached to an aromatic ring is 1. The number of aromatic amines is 1. The number of carbonyl (C=O) groups is 1. The third-order valence-corrected chi connectivity index (χ3v) is 5.54. The quantitative estimate of drug-likeness (QED) is 0.388. The molecular weight excluding hydrogens is 446 g/mol. The van der Waals surface area contributed by atoms with E-state index >= 15 is 0 Å². The summed E-state index contributed by atoms with van der Waals surface area (Å²) in [6.45, 7) is 4.40. The Morgan fingerprint density at radius 1 is 1.11 bits per heavy atom. The van der Waals surface area contributed by atoms with Crippen molar-refractivity contribution in [3.8, 4) is 0 Å². The molecule has 3 rings (SSSR count). The standard InChI is InChI=1S/C26H33N5O4/c1-18(2)17-31-24(27)23(25(33)29-26(31)34)30(13-14-35-3)22(32)16-28-21-12-8-7-11-20(21)15-19-9-5-4-6-10-19/h4-12,18,28H,13-17,27H2,1-3H3,(H,29,33,34). The Labute approximate surface area is 204 Å². The lowest BCUT2D eigenvalue weighted by molar-refractivity contribution is -0.117. The highest BCUT2D eigenvalue weighted by atomic mass is 16.5. The first-order chi connectivity index (χ1) is 16.8. The van der Waals surface area contributed by atoms with Gasteiger partial charge in [-0.3, -0.25) is 19.1 Å². The van der Waals surface area contributed by atoms with Crippen LogP contribution >= 0.6 is 0 Å². The van der Waals surface area contributed by atoms with Crippen molar-refractivity contribution in [1.29, 1.82) is 0 Å². The molecule has 1 amide bonds. The van der Waals surface area contributed by atoms with Gasteiger partial charge in [0.05, 0.1) is 13.2 Å². The summed E-state index contributed by atoms with van der Waals surface area (Å²) in [6.07, 6.45) is 0.707. The molecule has 4 N–H and O–H groups in total. The number of nitrogens with zero attached hydrogens (tertiary/aromatic N) is 2. The average molecular weight is 480 g/mol. The molecule has 2 aromatic carbocycles. The zero-order chi connectivity index (χ0) is 25.4. The Bertz CT molecular complexity index is 1250. The highest BCUT2D eigenvalue weighted by Gasteiger charge is 2.24. The summed E-state index contributed by atoms with van der Waals surface area (Å²) >= 11 is 0. The highest BCUT2D eigenvalue weighted by Crippen LogP contribution is 2.21. The van der Waals surface area contributed by atoms with Gasteiger partial charge in [-0.05, 0) is 29.5 Å². The van der Waals surface area contributed by atoms with Crippen LogP contribution in [0, 0.1) is 5.92 Å². The second-order valence-corrected chi connectivity index (χ2v) is 8.71. The minimum atomic E-state index is -0.707. The topological polar surface area (TPSA) is 122 Å². The number of rotatable bonds is 11. The van der Waals surface area contributed by atoms with Gasteiger partial charge < -0.3 is 20.7 Å². The fourth-order valence-electron chi connectivity index (χ4n) is 3.86. The minimum absolute atomic E-state index is 0.0404. The van der Waals surface area contributed by atoms with Crippen LogP contribution in [0.25, 0.3) is 0 Å². The molecular formula is C26H33N5O4. The van der Waals surface area contributed by atoms with Crippen molar-refractivity contribution in [2.24, 2.45) is 5.92 Å². The molecule has 0 aliphatic carbocycles. The van der Waals surface area contributed by atoms with E-state index in [0.29, 0.717) is 13.0 Å². The molecule has 0 aliphatic rings. The number of hydrogen-bond acceptors (Lipinski definition) is 6. The van der Waals surface area contributed by atoms with E-state index in [9.17, 15) is 14.4 Å². The van der Waals surface area contributed by atoms with Crippen LogP contribution in [0.1, 0.15) is 25.0 Å². The first-order valence-corrected chi connectivity index (χ1v) is 11.6. The van der Waals surface area contributed by atoms with Crippen LogP contribution in [-0.2, 0) is 22.5 Å². The van der Waals surface area contributed by atoms with E-state index in [2.05, 4.69) is 22.4 Å². The van der Waals surface area contributed by atoms with Crippen LogP contribution in [0.2, 0.25) is 0 Å². The third kappa shape index (κ3) is 6.60. The number of nitrogens with one attached hydrogen (secondary N) is 2. The third-order valence-electron chi connectivity index (χ3n) is 5.54. The number of ether oxygens (including phenoxy) is 1. The van der Waals surface area contributed by atoms with E-state index < -0.39 is 11.2 Å². The molecule has 0 saturated heterocycles. The van der Waals surface area contributed by atoms with E-state index in [-0.39, 0.29) is 43.0 Å². The van der Waals surface area contributed by atoms with Crippen molar-refractivity contribution < 1.29 is 9.53 Å². The van der Waals surface area contributed by atoms with Gasteiger partial charge in [-0.2, -0.15) is 0 Å². The lowest BCUT2D eigenvalue weighted by Gasteiger charge is -2.25.